The number of hydrogen-bond donors (Lipinski definition) is 0. The molecule has 0 aromatic heterocycles. The van der Waals surface area contributed by atoms with Gasteiger partial charge in [-0.15, -0.1) is 0 Å². The zero-order chi connectivity index (χ0) is 14.8. The lowest BCUT2D eigenvalue weighted by atomic mass is 10.1. The molecule has 0 N–H and O–H groups in total. The van der Waals surface area contributed by atoms with E-state index >= 15 is 0 Å². The Morgan fingerprint density at radius 3 is 2.81 bits per heavy atom. The second-order valence-electron chi connectivity index (χ2n) is 5.19. The summed E-state index contributed by atoms with van der Waals surface area (Å²) in [5, 5.41) is 0. The van der Waals surface area contributed by atoms with Gasteiger partial charge in [0.05, 0.1) is 0 Å². The van der Waals surface area contributed by atoms with Crippen molar-refractivity contribution in [2.75, 3.05) is 11.5 Å². The number of fused-ring (bicyclic) bond motifs is 1. The molecule has 108 valence electrons. The van der Waals surface area contributed by atoms with Crippen molar-refractivity contribution in [2.45, 2.75) is 19.4 Å². The normalized spacial score (nSPS) is 16.7. The maximum absolute atomic E-state index is 12.5. The van der Waals surface area contributed by atoms with Crippen LogP contribution in [0.5, 0.6) is 5.75 Å². The zero-order valence-electron chi connectivity index (χ0n) is 11.8. The quantitative estimate of drug-likeness (QED) is 0.846. The summed E-state index contributed by atoms with van der Waals surface area (Å²) in [6, 6.07) is 15.6. The average Bonchev–Trinajstić information content (AvgIpc) is 2.81. The van der Waals surface area contributed by atoms with E-state index in [1.165, 1.54) is 5.56 Å². The number of anilines is 1. The summed E-state index contributed by atoms with van der Waals surface area (Å²) in [5.41, 5.74) is 2.19. The third-order valence-corrected chi connectivity index (χ3v) is 4.12. The third kappa shape index (κ3) is 2.95. The molecule has 21 heavy (non-hydrogen) atoms. The number of ether oxygens (including phenoxy) is 1. The summed E-state index contributed by atoms with van der Waals surface area (Å²) in [7, 11) is 0. The van der Waals surface area contributed by atoms with Gasteiger partial charge in [-0.05, 0) is 49.2 Å². The highest BCUT2D eigenvalue weighted by Crippen LogP contribution is 2.34. The molecule has 2 aromatic rings. The fourth-order valence-electron chi connectivity index (χ4n) is 2.71. The van der Waals surface area contributed by atoms with E-state index in [0.29, 0.717) is 5.75 Å². The van der Waals surface area contributed by atoms with E-state index in [2.05, 4.69) is 28.9 Å². The highest BCUT2D eigenvalue weighted by molar-refractivity contribution is 9.10. The van der Waals surface area contributed by atoms with Crippen LogP contribution in [0.1, 0.15) is 12.5 Å². The number of rotatable bonds is 3. The predicted molar refractivity (Wildman–Crippen MR) is 86.7 cm³/mol. The van der Waals surface area contributed by atoms with Crippen LogP contribution in [0.15, 0.2) is 53.0 Å². The molecule has 1 aliphatic heterocycles. The first-order chi connectivity index (χ1) is 10.1. The minimum absolute atomic E-state index is 0.00701. The molecule has 1 aliphatic rings. The van der Waals surface area contributed by atoms with E-state index in [9.17, 15) is 4.79 Å². The summed E-state index contributed by atoms with van der Waals surface area (Å²) in [4.78, 5) is 14.3. The molecule has 1 unspecified atom stereocenters. The van der Waals surface area contributed by atoms with E-state index in [1.54, 1.807) is 0 Å². The molecular formula is C17H16BrNO2. The second kappa shape index (κ2) is 5.90. The van der Waals surface area contributed by atoms with Crippen molar-refractivity contribution in [2.24, 2.45) is 0 Å². The molecule has 0 spiro atoms. The Balaban J connectivity index is 1.73. The van der Waals surface area contributed by atoms with Crippen LogP contribution in [0, 0.1) is 0 Å². The van der Waals surface area contributed by atoms with E-state index < -0.39 is 0 Å². The maximum atomic E-state index is 12.5. The predicted octanol–water partition coefficient (Wildman–Crippen LogP) is 3.81. The SMILES string of the molecule is CC1Cc2cc(Br)ccc2N1C(=O)COc1ccccc1. The van der Waals surface area contributed by atoms with Gasteiger partial charge in [0.2, 0.25) is 0 Å². The zero-order valence-corrected chi connectivity index (χ0v) is 13.3. The molecule has 0 fully saturated rings. The van der Waals surface area contributed by atoms with Crippen molar-refractivity contribution in [3.8, 4) is 5.75 Å². The van der Waals surface area contributed by atoms with Crippen molar-refractivity contribution >= 4 is 27.5 Å². The number of carbonyl (C=O) groups is 1. The van der Waals surface area contributed by atoms with Crippen LogP contribution < -0.4 is 9.64 Å². The van der Waals surface area contributed by atoms with Crippen LogP contribution >= 0.6 is 15.9 Å². The first-order valence-corrected chi connectivity index (χ1v) is 7.73. The minimum Gasteiger partial charge on any atom is -0.484 e. The second-order valence-corrected chi connectivity index (χ2v) is 6.11. The van der Waals surface area contributed by atoms with E-state index in [4.69, 9.17) is 4.74 Å². The standard InChI is InChI=1S/C17H16BrNO2/c1-12-9-13-10-14(18)7-8-16(13)19(12)17(20)11-21-15-5-3-2-4-6-15/h2-8,10,12H,9,11H2,1H3. The summed E-state index contributed by atoms with van der Waals surface area (Å²) in [6.07, 6.45) is 0.881. The van der Waals surface area contributed by atoms with Crippen molar-refractivity contribution in [1.82, 2.24) is 0 Å². The van der Waals surface area contributed by atoms with E-state index in [0.717, 1.165) is 16.6 Å². The number of benzene rings is 2. The number of hydrogen-bond acceptors (Lipinski definition) is 2. The van der Waals surface area contributed by atoms with Crippen molar-refractivity contribution in [3.05, 3.63) is 58.6 Å². The molecular weight excluding hydrogens is 330 g/mol. The lowest BCUT2D eigenvalue weighted by molar-refractivity contribution is -0.120. The van der Waals surface area contributed by atoms with Crippen LogP contribution in [0.3, 0.4) is 0 Å². The van der Waals surface area contributed by atoms with E-state index in [1.807, 2.05) is 47.4 Å². The average molecular weight is 346 g/mol. The van der Waals surface area contributed by atoms with Gasteiger partial charge in [0.15, 0.2) is 6.61 Å². The first-order valence-electron chi connectivity index (χ1n) is 6.93. The number of carbonyl (C=O) groups excluding carboxylic acids is 1. The van der Waals surface area contributed by atoms with Crippen LogP contribution in [-0.2, 0) is 11.2 Å². The van der Waals surface area contributed by atoms with Crippen molar-refractivity contribution in [3.63, 3.8) is 0 Å². The molecule has 0 saturated carbocycles. The molecule has 1 atom stereocenters. The van der Waals surface area contributed by atoms with Crippen molar-refractivity contribution in [1.29, 1.82) is 0 Å². The van der Waals surface area contributed by atoms with Crippen molar-refractivity contribution < 1.29 is 9.53 Å². The van der Waals surface area contributed by atoms with Gasteiger partial charge in [0, 0.05) is 16.2 Å². The van der Waals surface area contributed by atoms with Gasteiger partial charge in [-0.1, -0.05) is 34.1 Å². The van der Waals surface area contributed by atoms with Crippen LogP contribution in [0.4, 0.5) is 5.69 Å². The fraction of sp³-hybridized carbons (Fsp3) is 0.235. The Kier molecular flexibility index (Phi) is 3.97. The van der Waals surface area contributed by atoms with Crippen LogP contribution in [0.2, 0.25) is 0 Å². The topological polar surface area (TPSA) is 29.5 Å². The smallest absolute Gasteiger partial charge is 0.265 e. The summed E-state index contributed by atoms with van der Waals surface area (Å²) >= 11 is 3.47. The summed E-state index contributed by atoms with van der Waals surface area (Å²) in [6.45, 7) is 2.12. The number of para-hydroxylation sites is 1. The number of amides is 1. The fourth-order valence-corrected chi connectivity index (χ4v) is 3.12. The molecule has 1 heterocycles. The first kappa shape index (κ1) is 14.1. The molecule has 3 rings (SSSR count). The minimum atomic E-state index is -0.00701. The molecule has 1 amide bonds. The molecule has 4 heteroatoms. The molecule has 2 aromatic carbocycles. The Bertz CT molecular complexity index is 657. The lowest BCUT2D eigenvalue weighted by Gasteiger charge is -2.22. The number of halogens is 1. The molecule has 0 radical (unpaired) electrons. The van der Waals surface area contributed by atoms with E-state index in [-0.39, 0.29) is 18.6 Å². The maximum Gasteiger partial charge on any atom is 0.265 e. The Hall–Kier alpha value is -1.81. The summed E-state index contributed by atoms with van der Waals surface area (Å²) in [5.74, 6) is 0.709. The third-order valence-electron chi connectivity index (χ3n) is 3.63. The van der Waals surface area contributed by atoms with Gasteiger partial charge in [-0.2, -0.15) is 0 Å². The highest BCUT2D eigenvalue weighted by Gasteiger charge is 2.31. The van der Waals surface area contributed by atoms with Gasteiger partial charge in [-0.3, -0.25) is 4.79 Å². The Morgan fingerprint density at radius 1 is 1.29 bits per heavy atom. The number of nitrogens with zero attached hydrogens (tertiary/aromatic N) is 1. The van der Waals surface area contributed by atoms with Gasteiger partial charge >= 0.3 is 0 Å². The van der Waals surface area contributed by atoms with Gasteiger partial charge in [-0.25, -0.2) is 0 Å². The Labute approximate surface area is 132 Å². The largest absolute Gasteiger partial charge is 0.484 e. The monoisotopic (exact) mass is 345 g/mol. The Morgan fingerprint density at radius 2 is 2.05 bits per heavy atom. The molecule has 0 saturated heterocycles. The highest BCUT2D eigenvalue weighted by atomic mass is 79.9. The van der Waals surface area contributed by atoms with Gasteiger partial charge in [0.1, 0.15) is 5.75 Å². The molecule has 0 bridgehead atoms. The van der Waals surface area contributed by atoms with Gasteiger partial charge < -0.3 is 9.64 Å². The molecule has 3 nitrogen and oxygen atoms in total. The lowest BCUT2D eigenvalue weighted by Crippen LogP contribution is -2.39. The van der Waals surface area contributed by atoms with Crippen LogP contribution in [0.25, 0.3) is 0 Å². The van der Waals surface area contributed by atoms with Gasteiger partial charge in [0.25, 0.3) is 5.91 Å². The molecule has 0 aliphatic carbocycles. The van der Waals surface area contributed by atoms with Crippen LogP contribution in [-0.4, -0.2) is 18.6 Å². The summed E-state index contributed by atoms with van der Waals surface area (Å²) < 4.78 is 6.61.